The lowest BCUT2D eigenvalue weighted by atomic mass is 10.2. The van der Waals surface area contributed by atoms with Gasteiger partial charge in [-0.1, -0.05) is 30.7 Å². The van der Waals surface area contributed by atoms with Crippen molar-refractivity contribution in [3.8, 4) is 5.75 Å². The number of hydrogen-bond acceptors (Lipinski definition) is 2. The maximum Gasteiger partial charge on any atom is 0.224 e. The molecule has 0 aliphatic carbocycles. The lowest BCUT2D eigenvalue weighted by molar-refractivity contribution is -0.116. The molecule has 1 amide bonds. The molecule has 3 nitrogen and oxygen atoms in total. The molecule has 0 aromatic heterocycles. The van der Waals surface area contributed by atoms with Crippen LogP contribution in [0.4, 0.5) is 5.69 Å². The molecule has 0 atom stereocenters. The standard InChI is InChI=1S/C19H21BrClNO2/c1-3-14-9-10-18(15(20)12-14)24-11-5-8-19(23)22-17-7-4-6-16(21)13(17)2/h4,6-7,9-10,12H,3,5,8,11H2,1-2H3,(H,22,23). The van der Waals surface area contributed by atoms with E-state index in [4.69, 9.17) is 16.3 Å². The summed E-state index contributed by atoms with van der Waals surface area (Å²) < 4.78 is 6.68. The number of aryl methyl sites for hydroxylation is 1. The van der Waals surface area contributed by atoms with Crippen LogP contribution in [0, 0.1) is 6.92 Å². The predicted octanol–water partition coefficient (Wildman–Crippen LogP) is 5.77. The largest absolute Gasteiger partial charge is 0.492 e. The summed E-state index contributed by atoms with van der Waals surface area (Å²) in [4.78, 5) is 12.0. The lowest BCUT2D eigenvalue weighted by Gasteiger charge is -2.11. The SMILES string of the molecule is CCc1ccc(OCCCC(=O)Nc2cccc(Cl)c2C)c(Br)c1. The van der Waals surface area contributed by atoms with Gasteiger partial charge in [-0.05, 0) is 71.1 Å². The Hall–Kier alpha value is -1.52. The first-order valence-electron chi connectivity index (χ1n) is 7.97. The van der Waals surface area contributed by atoms with Gasteiger partial charge in [0.2, 0.25) is 5.91 Å². The smallest absolute Gasteiger partial charge is 0.224 e. The molecular weight excluding hydrogens is 390 g/mol. The van der Waals surface area contributed by atoms with Gasteiger partial charge in [-0.3, -0.25) is 4.79 Å². The highest BCUT2D eigenvalue weighted by Crippen LogP contribution is 2.26. The highest BCUT2D eigenvalue weighted by molar-refractivity contribution is 9.10. The van der Waals surface area contributed by atoms with Crippen LogP contribution in [0.1, 0.15) is 30.9 Å². The first kappa shape index (κ1) is 18.8. The molecule has 0 bridgehead atoms. The number of carbonyl (C=O) groups excluding carboxylic acids is 1. The van der Waals surface area contributed by atoms with Crippen LogP contribution in [0.3, 0.4) is 0 Å². The summed E-state index contributed by atoms with van der Waals surface area (Å²) in [7, 11) is 0. The van der Waals surface area contributed by atoms with Crippen LogP contribution < -0.4 is 10.1 Å². The van der Waals surface area contributed by atoms with Crippen LogP contribution in [-0.4, -0.2) is 12.5 Å². The summed E-state index contributed by atoms with van der Waals surface area (Å²) >= 11 is 9.56. The third-order valence-electron chi connectivity index (χ3n) is 3.75. The van der Waals surface area contributed by atoms with E-state index in [1.54, 1.807) is 0 Å². The van der Waals surface area contributed by atoms with E-state index in [0.29, 0.717) is 24.5 Å². The Labute approximate surface area is 156 Å². The minimum Gasteiger partial charge on any atom is -0.492 e. The second-order valence-corrected chi connectivity index (χ2v) is 6.79. The fourth-order valence-corrected chi connectivity index (χ4v) is 2.97. The molecule has 0 heterocycles. The number of amides is 1. The summed E-state index contributed by atoms with van der Waals surface area (Å²) in [5, 5.41) is 3.54. The van der Waals surface area contributed by atoms with Crippen molar-refractivity contribution in [2.75, 3.05) is 11.9 Å². The maximum absolute atomic E-state index is 12.0. The quantitative estimate of drug-likeness (QED) is 0.588. The molecule has 0 radical (unpaired) electrons. The van der Waals surface area contributed by atoms with Crippen molar-refractivity contribution < 1.29 is 9.53 Å². The molecule has 0 spiro atoms. The van der Waals surface area contributed by atoms with E-state index >= 15 is 0 Å². The Morgan fingerprint density at radius 1 is 1.29 bits per heavy atom. The number of carbonyl (C=O) groups is 1. The van der Waals surface area contributed by atoms with E-state index in [2.05, 4.69) is 40.3 Å². The van der Waals surface area contributed by atoms with Gasteiger partial charge in [0.1, 0.15) is 5.75 Å². The van der Waals surface area contributed by atoms with Gasteiger partial charge in [0, 0.05) is 17.1 Å². The zero-order chi connectivity index (χ0) is 17.5. The molecule has 0 unspecified atom stereocenters. The Bertz CT molecular complexity index is 719. The summed E-state index contributed by atoms with van der Waals surface area (Å²) in [5.74, 6) is 0.766. The zero-order valence-electron chi connectivity index (χ0n) is 13.9. The highest BCUT2D eigenvalue weighted by Gasteiger charge is 2.07. The minimum absolute atomic E-state index is 0.0376. The van der Waals surface area contributed by atoms with Crippen molar-refractivity contribution in [2.24, 2.45) is 0 Å². The molecule has 0 saturated carbocycles. The van der Waals surface area contributed by atoms with Crippen molar-refractivity contribution >= 4 is 39.1 Å². The average molecular weight is 411 g/mol. The van der Waals surface area contributed by atoms with Crippen molar-refractivity contribution in [3.63, 3.8) is 0 Å². The molecule has 128 valence electrons. The molecule has 2 rings (SSSR count). The number of benzene rings is 2. The predicted molar refractivity (Wildman–Crippen MR) is 103 cm³/mol. The third kappa shape index (κ3) is 5.25. The zero-order valence-corrected chi connectivity index (χ0v) is 16.2. The van der Waals surface area contributed by atoms with Gasteiger partial charge in [0.05, 0.1) is 11.1 Å². The molecule has 24 heavy (non-hydrogen) atoms. The van der Waals surface area contributed by atoms with Gasteiger partial charge >= 0.3 is 0 Å². The number of hydrogen-bond donors (Lipinski definition) is 1. The molecule has 0 aliphatic heterocycles. The van der Waals surface area contributed by atoms with Gasteiger partial charge in [-0.25, -0.2) is 0 Å². The number of nitrogens with one attached hydrogen (secondary N) is 1. The van der Waals surface area contributed by atoms with Crippen molar-refractivity contribution in [1.82, 2.24) is 0 Å². The van der Waals surface area contributed by atoms with E-state index in [1.807, 2.05) is 31.2 Å². The molecule has 5 heteroatoms. The van der Waals surface area contributed by atoms with Crippen molar-refractivity contribution in [2.45, 2.75) is 33.1 Å². The second kappa shape index (κ2) is 9.09. The van der Waals surface area contributed by atoms with Gasteiger partial charge in [-0.2, -0.15) is 0 Å². The van der Waals surface area contributed by atoms with Crippen LogP contribution in [0.15, 0.2) is 40.9 Å². The van der Waals surface area contributed by atoms with E-state index in [0.717, 1.165) is 27.9 Å². The third-order valence-corrected chi connectivity index (χ3v) is 4.78. The molecule has 2 aromatic carbocycles. The van der Waals surface area contributed by atoms with E-state index in [1.165, 1.54) is 5.56 Å². The van der Waals surface area contributed by atoms with E-state index in [-0.39, 0.29) is 5.91 Å². The van der Waals surface area contributed by atoms with Crippen molar-refractivity contribution in [1.29, 1.82) is 0 Å². The van der Waals surface area contributed by atoms with E-state index < -0.39 is 0 Å². The van der Waals surface area contributed by atoms with Gasteiger partial charge in [0.15, 0.2) is 0 Å². The second-order valence-electron chi connectivity index (χ2n) is 5.53. The molecular formula is C19H21BrClNO2. The van der Waals surface area contributed by atoms with Gasteiger partial charge < -0.3 is 10.1 Å². The first-order chi connectivity index (χ1) is 11.5. The van der Waals surface area contributed by atoms with Crippen LogP contribution >= 0.6 is 27.5 Å². The fraction of sp³-hybridized carbons (Fsp3) is 0.316. The number of ether oxygens (including phenoxy) is 1. The number of halogens is 2. The van der Waals surface area contributed by atoms with Crippen LogP contribution in [-0.2, 0) is 11.2 Å². The summed E-state index contributed by atoms with van der Waals surface area (Å²) in [6.45, 7) is 4.49. The molecule has 0 saturated heterocycles. The molecule has 0 fully saturated rings. The Balaban J connectivity index is 1.78. The summed E-state index contributed by atoms with van der Waals surface area (Å²) in [5.41, 5.74) is 2.89. The maximum atomic E-state index is 12.0. The monoisotopic (exact) mass is 409 g/mol. The lowest BCUT2D eigenvalue weighted by Crippen LogP contribution is -2.13. The van der Waals surface area contributed by atoms with Crippen LogP contribution in [0.25, 0.3) is 0 Å². The number of rotatable bonds is 7. The topological polar surface area (TPSA) is 38.3 Å². The number of anilines is 1. The average Bonchev–Trinajstić information content (AvgIpc) is 2.57. The Morgan fingerprint density at radius 2 is 2.08 bits per heavy atom. The van der Waals surface area contributed by atoms with Crippen LogP contribution in [0.5, 0.6) is 5.75 Å². The molecule has 2 aromatic rings. The molecule has 1 N–H and O–H groups in total. The normalized spacial score (nSPS) is 10.5. The minimum atomic E-state index is -0.0376. The summed E-state index contributed by atoms with van der Waals surface area (Å²) in [6, 6.07) is 11.5. The van der Waals surface area contributed by atoms with Gasteiger partial charge in [-0.15, -0.1) is 0 Å². The molecule has 0 aliphatic rings. The Kier molecular flexibility index (Phi) is 7.13. The van der Waals surface area contributed by atoms with Crippen molar-refractivity contribution in [3.05, 3.63) is 57.0 Å². The van der Waals surface area contributed by atoms with E-state index in [9.17, 15) is 4.79 Å². The van der Waals surface area contributed by atoms with Gasteiger partial charge in [0.25, 0.3) is 0 Å². The Morgan fingerprint density at radius 3 is 2.79 bits per heavy atom. The summed E-state index contributed by atoms with van der Waals surface area (Å²) in [6.07, 6.45) is 2.03. The fourth-order valence-electron chi connectivity index (χ4n) is 2.25. The first-order valence-corrected chi connectivity index (χ1v) is 9.14. The highest BCUT2D eigenvalue weighted by atomic mass is 79.9. The van der Waals surface area contributed by atoms with Crippen LogP contribution in [0.2, 0.25) is 5.02 Å².